The van der Waals surface area contributed by atoms with Gasteiger partial charge in [0.2, 0.25) is 0 Å². The van der Waals surface area contributed by atoms with Gasteiger partial charge in [0, 0.05) is 12.6 Å². The fraction of sp³-hybridized carbons (Fsp3) is 0.333. The standard InChI is InChI=1S/C18H21NO4S/c1-13-11-17(23-3)18(12-16(13)22-2)24(20,21)19-10-6-8-14-7-4-5-9-15(14)19/h4-5,7,9,11-12H,6,8,10H2,1-3H3. The van der Waals surface area contributed by atoms with Crippen molar-refractivity contribution in [1.82, 2.24) is 0 Å². The fourth-order valence-corrected chi connectivity index (χ4v) is 4.79. The van der Waals surface area contributed by atoms with Crippen LogP contribution in [0.2, 0.25) is 0 Å². The van der Waals surface area contributed by atoms with Gasteiger partial charge in [-0.05, 0) is 43.0 Å². The molecule has 6 heteroatoms. The number of sulfonamides is 1. The molecule has 0 bridgehead atoms. The van der Waals surface area contributed by atoms with Crippen molar-refractivity contribution in [3.8, 4) is 11.5 Å². The maximum atomic E-state index is 13.3. The molecule has 128 valence electrons. The van der Waals surface area contributed by atoms with Crippen LogP contribution in [0.25, 0.3) is 0 Å². The quantitative estimate of drug-likeness (QED) is 0.852. The molecule has 0 N–H and O–H groups in total. The fourth-order valence-electron chi connectivity index (χ4n) is 3.09. The molecule has 0 aromatic heterocycles. The third-order valence-corrected chi connectivity index (χ3v) is 6.15. The van der Waals surface area contributed by atoms with Crippen molar-refractivity contribution in [2.75, 3.05) is 25.1 Å². The Balaban J connectivity index is 2.16. The molecular weight excluding hydrogens is 326 g/mol. The maximum Gasteiger partial charge on any atom is 0.268 e. The number of hydrogen-bond acceptors (Lipinski definition) is 4. The van der Waals surface area contributed by atoms with E-state index in [9.17, 15) is 8.42 Å². The van der Waals surface area contributed by atoms with Crippen LogP contribution in [0.15, 0.2) is 41.3 Å². The number of ether oxygens (including phenoxy) is 2. The second kappa shape index (κ2) is 6.36. The number of nitrogens with zero attached hydrogens (tertiary/aromatic N) is 1. The Bertz CT molecular complexity index is 861. The van der Waals surface area contributed by atoms with E-state index in [-0.39, 0.29) is 4.90 Å². The van der Waals surface area contributed by atoms with E-state index in [0.717, 1.165) is 29.7 Å². The third-order valence-electron chi connectivity index (χ3n) is 4.32. The van der Waals surface area contributed by atoms with Gasteiger partial charge in [0.05, 0.1) is 19.9 Å². The van der Waals surface area contributed by atoms with Crippen LogP contribution in [0.4, 0.5) is 5.69 Å². The number of para-hydroxylation sites is 1. The topological polar surface area (TPSA) is 55.8 Å². The molecule has 2 aromatic carbocycles. The van der Waals surface area contributed by atoms with Gasteiger partial charge < -0.3 is 9.47 Å². The van der Waals surface area contributed by atoms with Gasteiger partial charge in [-0.3, -0.25) is 4.31 Å². The highest BCUT2D eigenvalue weighted by molar-refractivity contribution is 7.93. The second-order valence-corrected chi connectivity index (χ2v) is 7.61. The van der Waals surface area contributed by atoms with Gasteiger partial charge in [0.15, 0.2) is 0 Å². The van der Waals surface area contributed by atoms with Crippen molar-refractivity contribution in [2.45, 2.75) is 24.7 Å². The number of aryl methyl sites for hydroxylation is 2. The molecule has 24 heavy (non-hydrogen) atoms. The third kappa shape index (κ3) is 2.71. The lowest BCUT2D eigenvalue weighted by molar-refractivity contribution is 0.390. The van der Waals surface area contributed by atoms with Crippen LogP contribution in [0.5, 0.6) is 11.5 Å². The number of anilines is 1. The smallest absolute Gasteiger partial charge is 0.268 e. The highest BCUT2D eigenvalue weighted by Gasteiger charge is 2.32. The molecule has 0 spiro atoms. The molecular formula is C18H21NO4S. The highest BCUT2D eigenvalue weighted by atomic mass is 32.2. The van der Waals surface area contributed by atoms with E-state index in [1.807, 2.05) is 31.2 Å². The van der Waals surface area contributed by atoms with Crippen molar-refractivity contribution in [3.05, 3.63) is 47.5 Å². The Morgan fingerprint density at radius 1 is 1.04 bits per heavy atom. The summed E-state index contributed by atoms with van der Waals surface area (Å²) in [6.45, 7) is 2.31. The summed E-state index contributed by atoms with van der Waals surface area (Å²) in [6.07, 6.45) is 1.68. The molecule has 0 radical (unpaired) electrons. The monoisotopic (exact) mass is 347 g/mol. The van der Waals surface area contributed by atoms with E-state index in [0.29, 0.717) is 18.0 Å². The van der Waals surface area contributed by atoms with Crippen LogP contribution < -0.4 is 13.8 Å². The van der Waals surface area contributed by atoms with Gasteiger partial charge in [-0.25, -0.2) is 8.42 Å². The molecule has 2 aromatic rings. The molecule has 0 saturated heterocycles. The number of benzene rings is 2. The minimum atomic E-state index is -3.74. The first-order chi connectivity index (χ1) is 11.5. The zero-order chi connectivity index (χ0) is 17.3. The summed E-state index contributed by atoms with van der Waals surface area (Å²) in [5, 5.41) is 0. The first kappa shape index (κ1) is 16.6. The minimum Gasteiger partial charge on any atom is -0.496 e. The predicted octanol–water partition coefficient (Wildman–Crippen LogP) is 3.15. The highest BCUT2D eigenvalue weighted by Crippen LogP contribution is 2.37. The van der Waals surface area contributed by atoms with Crippen LogP contribution in [-0.2, 0) is 16.4 Å². The average molecular weight is 347 g/mol. The van der Waals surface area contributed by atoms with E-state index in [2.05, 4.69) is 0 Å². The molecule has 3 rings (SSSR count). The van der Waals surface area contributed by atoms with Crippen molar-refractivity contribution >= 4 is 15.7 Å². The van der Waals surface area contributed by atoms with Gasteiger partial charge >= 0.3 is 0 Å². The number of hydrogen-bond donors (Lipinski definition) is 0. The van der Waals surface area contributed by atoms with E-state index in [4.69, 9.17) is 9.47 Å². The molecule has 1 aliphatic heterocycles. The Morgan fingerprint density at radius 2 is 1.75 bits per heavy atom. The Labute approximate surface area is 142 Å². The Morgan fingerprint density at radius 3 is 2.46 bits per heavy atom. The number of fused-ring (bicyclic) bond motifs is 1. The zero-order valence-electron chi connectivity index (χ0n) is 14.1. The SMILES string of the molecule is COc1cc(S(=O)(=O)N2CCCc3ccccc32)c(OC)cc1C. The van der Waals surface area contributed by atoms with Crippen LogP contribution >= 0.6 is 0 Å². The molecule has 0 atom stereocenters. The van der Waals surface area contributed by atoms with E-state index >= 15 is 0 Å². The zero-order valence-corrected chi connectivity index (χ0v) is 14.9. The first-order valence-corrected chi connectivity index (χ1v) is 9.26. The Kier molecular flexibility index (Phi) is 4.41. The summed E-state index contributed by atoms with van der Waals surface area (Å²) >= 11 is 0. The summed E-state index contributed by atoms with van der Waals surface area (Å²) in [5.41, 5.74) is 2.61. The van der Waals surface area contributed by atoms with E-state index in [1.165, 1.54) is 18.5 Å². The van der Waals surface area contributed by atoms with Gasteiger partial charge in [0.25, 0.3) is 10.0 Å². The van der Waals surface area contributed by atoms with Gasteiger partial charge in [0.1, 0.15) is 16.4 Å². The van der Waals surface area contributed by atoms with Gasteiger partial charge in [-0.15, -0.1) is 0 Å². The van der Waals surface area contributed by atoms with Crippen molar-refractivity contribution in [2.24, 2.45) is 0 Å². The number of rotatable bonds is 4. The normalized spacial score (nSPS) is 14.2. The molecule has 0 saturated carbocycles. The molecule has 5 nitrogen and oxygen atoms in total. The van der Waals surface area contributed by atoms with E-state index < -0.39 is 10.0 Å². The van der Waals surface area contributed by atoms with Crippen molar-refractivity contribution < 1.29 is 17.9 Å². The lowest BCUT2D eigenvalue weighted by Crippen LogP contribution is -2.35. The molecule has 0 aliphatic carbocycles. The molecule has 0 unspecified atom stereocenters. The maximum absolute atomic E-state index is 13.3. The second-order valence-electron chi connectivity index (χ2n) is 5.78. The lowest BCUT2D eigenvalue weighted by atomic mass is 10.0. The van der Waals surface area contributed by atoms with Crippen LogP contribution in [0.1, 0.15) is 17.5 Å². The largest absolute Gasteiger partial charge is 0.496 e. The van der Waals surface area contributed by atoms with Crippen molar-refractivity contribution in [3.63, 3.8) is 0 Å². The summed E-state index contributed by atoms with van der Waals surface area (Å²) < 4.78 is 38.7. The minimum absolute atomic E-state index is 0.129. The molecule has 0 fully saturated rings. The summed E-state index contributed by atoms with van der Waals surface area (Å²) in [7, 11) is -0.733. The predicted molar refractivity (Wildman–Crippen MR) is 93.6 cm³/mol. The molecule has 0 amide bonds. The summed E-state index contributed by atoms with van der Waals surface area (Å²) in [5.74, 6) is 0.857. The number of methoxy groups -OCH3 is 2. The lowest BCUT2D eigenvalue weighted by Gasteiger charge is -2.31. The van der Waals surface area contributed by atoms with Gasteiger partial charge in [-0.2, -0.15) is 0 Å². The van der Waals surface area contributed by atoms with Crippen LogP contribution in [0, 0.1) is 6.92 Å². The van der Waals surface area contributed by atoms with Crippen molar-refractivity contribution in [1.29, 1.82) is 0 Å². The Hall–Kier alpha value is -2.21. The average Bonchev–Trinajstić information content (AvgIpc) is 2.60. The molecule has 1 heterocycles. The molecule has 1 aliphatic rings. The first-order valence-electron chi connectivity index (χ1n) is 7.82. The summed E-state index contributed by atoms with van der Waals surface area (Å²) in [4.78, 5) is 0.129. The van der Waals surface area contributed by atoms with Gasteiger partial charge in [-0.1, -0.05) is 18.2 Å². The van der Waals surface area contributed by atoms with E-state index in [1.54, 1.807) is 12.1 Å². The van der Waals surface area contributed by atoms with Crippen LogP contribution in [0.3, 0.4) is 0 Å². The summed E-state index contributed by atoms with van der Waals surface area (Å²) in [6, 6.07) is 10.9. The van der Waals surface area contributed by atoms with Crippen LogP contribution in [-0.4, -0.2) is 29.2 Å².